The topological polar surface area (TPSA) is 72.2 Å². The van der Waals surface area contributed by atoms with Gasteiger partial charge in [-0.1, -0.05) is 39.7 Å². The van der Waals surface area contributed by atoms with Gasteiger partial charge in [-0.15, -0.1) is 0 Å². The van der Waals surface area contributed by atoms with Crippen LogP contribution < -0.4 is 5.32 Å². The Morgan fingerprint density at radius 1 is 1.33 bits per heavy atom. The highest BCUT2D eigenvalue weighted by Gasteiger charge is 2.22. The van der Waals surface area contributed by atoms with Crippen LogP contribution in [0, 0.1) is 17.0 Å². The van der Waals surface area contributed by atoms with Gasteiger partial charge in [-0.2, -0.15) is 0 Å². The molecule has 7 heteroatoms. The molecular formula is C14H10BrClN2O3. The first-order valence-corrected chi connectivity index (χ1v) is 7.07. The Kier molecular flexibility index (Phi) is 4.59. The fourth-order valence-electron chi connectivity index (χ4n) is 1.87. The minimum atomic E-state index is -0.578. The molecule has 1 amide bonds. The monoisotopic (exact) mass is 368 g/mol. The summed E-state index contributed by atoms with van der Waals surface area (Å²) in [6.07, 6.45) is 0. The standard InChI is InChI=1S/C14H10BrClN2O3/c1-8-3-2-4-10(13(8)18(20)21)14(19)17-12-7-9(15)5-6-11(12)16/h2-7H,1H3,(H,17,19). The van der Waals surface area contributed by atoms with E-state index in [-0.39, 0.29) is 11.3 Å². The third-order valence-electron chi connectivity index (χ3n) is 2.84. The quantitative estimate of drug-likeness (QED) is 0.636. The molecule has 0 aliphatic heterocycles. The highest BCUT2D eigenvalue weighted by molar-refractivity contribution is 9.10. The second kappa shape index (κ2) is 6.24. The van der Waals surface area contributed by atoms with Gasteiger partial charge in [0.2, 0.25) is 0 Å². The van der Waals surface area contributed by atoms with Crippen molar-refractivity contribution in [1.82, 2.24) is 0 Å². The van der Waals surface area contributed by atoms with Crippen molar-refractivity contribution in [3.63, 3.8) is 0 Å². The zero-order valence-corrected chi connectivity index (χ0v) is 13.2. The van der Waals surface area contributed by atoms with E-state index in [1.807, 2.05) is 0 Å². The summed E-state index contributed by atoms with van der Waals surface area (Å²) in [5.41, 5.74) is 0.594. The van der Waals surface area contributed by atoms with Crippen molar-refractivity contribution in [3.8, 4) is 0 Å². The van der Waals surface area contributed by atoms with Crippen LogP contribution in [0.25, 0.3) is 0 Å². The van der Waals surface area contributed by atoms with Gasteiger partial charge in [0.25, 0.3) is 11.6 Å². The summed E-state index contributed by atoms with van der Waals surface area (Å²) in [5.74, 6) is -0.578. The lowest BCUT2D eigenvalue weighted by atomic mass is 10.1. The number of aryl methyl sites for hydroxylation is 1. The molecule has 2 rings (SSSR count). The number of carbonyl (C=O) groups excluding carboxylic acids is 1. The normalized spacial score (nSPS) is 10.2. The Labute approximate surface area is 134 Å². The third-order valence-corrected chi connectivity index (χ3v) is 3.66. The second-order valence-electron chi connectivity index (χ2n) is 4.31. The Morgan fingerprint density at radius 3 is 2.71 bits per heavy atom. The molecule has 21 heavy (non-hydrogen) atoms. The van der Waals surface area contributed by atoms with Crippen molar-refractivity contribution >= 4 is 44.8 Å². The summed E-state index contributed by atoms with van der Waals surface area (Å²) in [7, 11) is 0. The molecule has 0 aliphatic rings. The second-order valence-corrected chi connectivity index (χ2v) is 5.63. The average molecular weight is 370 g/mol. The van der Waals surface area contributed by atoms with Gasteiger partial charge in [-0.3, -0.25) is 14.9 Å². The van der Waals surface area contributed by atoms with Crippen molar-refractivity contribution in [3.05, 3.63) is 67.1 Å². The first-order valence-electron chi connectivity index (χ1n) is 5.90. The molecular weight excluding hydrogens is 360 g/mol. The Hall–Kier alpha value is -1.92. The molecule has 2 aromatic rings. The average Bonchev–Trinajstić information content (AvgIpc) is 2.42. The number of hydrogen-bond acceptors (Lipinski definition) is 3. The summed E-state index contributed by atoms with van der Waals surface area (Å²) in [6.45, 7) is 1.58. The number of para-hydroxylation sites is 1. The molecule has 0 aliphatic carbocycles. The molecule has 0 bridgehead atoms. The van der Waals surface area contributed by atoms with E-state index in [1.165, 1.54) is 6.07 Å². The molecule has 0 spiro atoms. The number of halogens is 2. The summed E-state index contributed by atoms with van der Waals surface area (Å²) in [6, 6.07) is 9.56. The van der Waals surface area contributed by atoms with Gasteiger partial charge in [0, 0.05) is 10.0 Å². The Bertz CT molecular complexity index is 734. The van der Waals surface area contributed by atoms with Crippen molar-refractivity contribution in [2.75, 3.05) is 5.32 Å². The van der Waals surface area contributed by atoms with Gasteiger partial charge < -0.3 is 5.32 Å². The number of nitrogens with one attached hydrogen (secondary N) is 1. The molecule has 108 valence electrons. The molecule has 0 saturated carbocycles. The number of carbonyl (C=O) groups is 1. The van der Waals surface area contributed by atoms with Crippen LogP contribution in [-0.4, -0.2) is 10.8 Å². The van der Waals surface area contributed by atoms with Crippen LogP contribution in [0.15, 0.2) is 40.9 Å². The summed E-state index contributed by atoms with van der Waals surface area (Å²) in [4.78, 5) is 22.8. The van der Waals surface area contributed by atoms with Gasteiger partial charge >= 0.3 is 0 Å². The molecule has 0 unspecified atom stereocenters. The smallest absolute Gasteiger partial charge is 0.285 e. The van der Waals surface area contributed by atoms with E-state index in [0.29, 0.717) is 16.3 Å². The molecule has 0 radical (unpaired) electrons. The molecule has 0 heterocycles. The molecule has 0 saturated heterocycles. The molecule has 0 fully saturated rings. The van der Waals surface area contributed by atoms with Crippen molar-refractivity contribution in [1.29, 1.82) is 0 Å². The summed E-state index contributed by atoms with van der Waals surface area (Å²) >= 11 is 9.27. The molecule has 1 N–H and O–H groups in total. The highest BCUT2D eigenvalue weighted by atomic mass is 79.9. The number of nitro groups is 1. The van der Waals surface area contributed by atoms with E-state index in [9.17, 15) is 14.9 Å². The SMILES string of the molecule is Cc1cccc(C(=O)Nc2cc(Br)ccc2Cl)c1[N+](=O)[O-]. The summed E-state index contributed by atoms with van der Waals surface area (Å²) in [5, 5.41) is 14.0. The van der Waals surface area contributed by atoms with Crippen molar-refractivity contribution < 1.29 is 9.72 Å². The number of hydrogen-bond donors (Lipinski definition) is 1. The van der Waals surface area contributed by atoms with E-state index < -0.39 is 10.8 Å². The number of anilines is 1. The van der Waals surface area contributed by atoms with Crippen LogP contribution in [0.5, 0.6) is 0 Å². The largest absolute Gasteiger partial charge is 0.320 e. The molecule has 0 atom stereocenters. The minimum Gasteiger partial charge on any atom is -0.320 e. The van der Waals surface area contributed by atoms with Crippen LogP contribution in [-0.2, 0) is 0 Å². The van der Waals surface area contributed by atoms with Gasteiger partial charge in [0.1, 0.15) is 5.56 Å². The maximum absolute atomic E-state index is 12.3. The van der Waals surface area contributed by atoms with Gasteiger partial charge in [0.15, 0.2) is 0 Å². The third kappa shape index (κ3) is 3.40. The van der Waals surface area contributed by atoms with Crippen LogP contribution in [0.4, 0.5) is 11.4 Å². The zero-order valence-electron chi connectivity index (χ0n) is 10.9. The maximum atomic E-state index is 12.3. The number of nitro benzene ring substituents is 1. The first kappa shape index (κ1) is 15.5. The fraction of sp³-hybridized carbons (Fsp3) is 0.0714. The van der Waals surface area contributed by atoms with Gasteiger partial charge in [-0.05, 0) is 31.2 Å². The maximum Gasteiger partial charge on any atom is 0.285 e. The Balaban J connectivity index is 2.40. The molecule has 5 nitrogen and oxygen atoms in total. The van der Waals surface area contributed by atoms with Crippen LogP contribution in [0.1, 0.15) is 15.9 Å². The lowest BCUT2D eigenvalue weighted by molar-refractivity contribution is -0.385. The van der Waals surface area contributed by atoms with Crippen molar-refractivity contribution in [2.24, 2.45) is 0 Å². The number of amides is 1. The molecule has 0 aromatic heterocycles. The van der Waals surface area contributed by atoms with Crippen LogP contribution in [0.3, 0.4) is 0 Å². The number of nitrogens with zero attached hydrogens (tertiary/aromatic N) is 1. The first-order chi connectivity index (χ1) is 9.90. The van der Waals surface area contributed by atoms with Gasteiger partial charge in [-0.25, -0.2) is 0 Å². The fourth-order valence-corrected chi connectivity index (χ4v) is 2.39. The number of benzene rings is 2. The van der Waals surface area contributed by atoms with Crippen molar-refractivity contribution in [2.45, 2.75) is 6.92 Å². The number of rotatable bonds is 3. The van der Waals surface area contributed by atoms with E-state index in [4.69, 9.17) is 11.6 Å². The predicted molar refractivity (Wildman–Crippen MR) is 84.9 cm³/mol. The zero-order chi connectivity index (χ0) is 15.6. The van der Waals surface area contributed by atoms with Crippen LogP contribution >= 0.6 is 27.5 Å². The minimum absolute atomic E-state index is 0.00366. The lowest BCUT2D eigenvalue weighted by Gasteiger charge is -2.09. The lowest BCUT2D eigenvalue weighted by Crippen LogP contribution is -2.14. The predicted octanol–water partition coefficient (Wildman–Crippen LogP) is 4.57. The Morgan fingerprint density at radius 2 is 2.05 bits per heavy atom. The summed E-state index contributed by atoms with van der Waals surface area (Å²) < 4.78 is 0.737. The van der Waals surface area contributed by atoms with E-state index in [2.05, 4.69) is 21.2 Å². The van der Waals surface area contributed by atoms with Gasteiger partial charge in [0.05, 0.1) is 15.6 Å². The van der Waals surface area contributed by atoms with E-state index in [1.54, 1.807) is 37.3 Å². The highest BCUT2D eigenvalue weighted by Crippen LogP contribution is 2.28. The van der Waals surface area contributed by atoms with E-state index in [0.717, 1.165) is 4.47 Å². The van der Waals surface area contributed by atoms with E-state index >= 15 is 0 Å². The van der Waals surface area contributed by atoms with Crippen LogP contribution in [0.2, 0.25) is 5.02 Å². The molecule has 2 aromatic carbocycles.